The molecule has 4 heteroatoms. The van der Waals surface area contributed by atoms with E-state index in [0.717, 1.165) is 39.7 Å². The molecular weight excluding hydrogens is 314 g/mol. The van der Waals surface area contributed by atoms with E-state index in [1.807, 2.05) is 23.2 Å². The summed E-state index contributed by atoms with van der Waals surface area (Å²) in [5.74, 6) is 1.34. The van der Waals surface area contributed by atoms with E-state index in [-0.39, 0.29) is 0 Å². The zero-order chi connectivity index (χ0) is 17.1. The Labute approximate surface area is 148 Å². The van der Waals surface area contributed by atoms with Gasteiger partial charge >= 0.3 is 0 Å². The molecule has 2 aromatic carbocycles. The fourth-order valence-corrected chi connectivity index (χ4v) is 3.73. The minimum atomic E-state index is 0.540. The van der Waals surface area contributed by atoms with Gasteiger partial charge in [-0.2, -0.15) is 10.4 Å². The van der Waals surface area contributed by atoms with Crippen molar-refractivity contribution in [2.24, 2.45) is 11.0 Å². The average molecular weight is 335 g/mol. The van der Waals surface area contributed by atoms with Gasteiger partial charge in [-0.3, -0.25) is 5.01 Å². The molecule has 1 heterocycles. The summed E-state index contributed by atoms with van der Waals surface area (Å²) < 4.78 is 0. The van der Waals surface area contributed by atoms with Gasteiger partial charge in [0, 0.05) is 5.56 Å². The maximum absolute atomic E-state index is 9.46. The van der Waals surface area contributed by atoms with Crippen LogP contribution in [0.4, 0.5) is 5.69 Å². The Morgan fingerprint density at radius 1 is 1.25 bits per heavy atom. The monoisotopic (exact) mass is 335 g/mol. The number of benzene rings is 2. The van der Waals surface area contributed by atoms with E-state index in [1.165, 1.54) is 5.56 Å². The molecule has 1 aliphatic heterocycles. The maximum atomic E-state index is 9.46. The molecule has 3 nitrogen and oxygen atoms in total. The lowest BCUT2D eigenvalue weighted by atomic mass is 9.97. The Bertz CT molecular complexity index is 818. The van der Waals surface area contributed by atoms with E-state index in [2.05, 4.69) is 51.1 Å². The SMILES string of the molecule is Cc1ccccc1N1CSC(c2ccc(CC(C)C)c(C#N)c2)=N1. The lowest BCUT2D eigenvalue weighted by Crippen LogP contribution is -2.11. The van der Waals surface area contributed by atoms with Crippen LogP contribution in [0.5, 0.6) is 0 Å². The fraction of sp³-hybridized carbons (Fsp3) is 0.300. The standard InChI is InChI=1S/C20H21N3S/c1-14(2)10-16-8-9-17(11-18(16)12-21)20-22-23(13-24-20)19-7-5-4-6-15(19)3/h4-9,11,14H,10,13H2,1-3H3. The molecule has 0 aliphatic carbocycles. The molecule has 0 bridgehead atoms. The van der Waals surface area contributed by atoms with E-state index in [9.17, 15) is 5.26 Å². The van der Waals surface area contributed by atoms with E-state index >= 15 is 0 Å². The van der Waals surface area contributed by atoms with Gasteiger partial charge in [0.15, 0.2) is 0 Å². The van der Waals surface area contributed by atoms with Crippen molar-refractivity contribution in [2.45, 2.75) is 27.2 Å². The summed E-state index contributed by atoms with van der Waals surface area (Å²) in [5, 5.41) is 17.2. The lowest BCUT2D eigenvalue weighted by molar-refractivity contribution is 0.646. The molecule has 0 saturated carbocycles. The molecule has 0 N–H and O–H groups in total. The number of anilines is 1. The van der Waals surface area contributed by atoms with Crippen molar-refractivity contribution in [1.29, 1.82) is 5.26 Å². The van der Waals surface area contributed by atoms with Crippen LogP contribution in [0, 0.1) is 24.2 Å². The molecule has 0 aromatic heterocycles. The van der Waals surface area contributed by atoms with E-state index in [0.29, 0.717) is 5.92 Å². The predicted octanol–water partition coefficient (Wildman–Crippen LogP) is 4.94. The van der Waals surface area contributed by atoms with E-state index < -0.39 is 0 Å². The first-order valence-electron chi connectivity index (χ1n) is 8.16. The number of thioether (sulfide) groups is 1. The smallest absolute Gasteiger partial charge is 0.126 e. The molecule has 0 spiro atoms. The van der Waals surface area contributed by atoms with Gasteiger partial charge in [-0.15, -0.1) is 0 Å². The highest BCUT2D eigenvalue weighted by molar-refractivity contribution is 8.14. The van der Waals surface area contributed by atoms with Crippen molar-refractivity contribution in [1.82, 2.24) is 0 Å². The molecule has 0 amide bonds. The number of aryl methyl sites for hydroxylation is 1. The first-order valence-corrected chi connectivity index (χ1v) is 9.15. The van der Waals surface area contributed by atoms with Crippen LogP contribution in [0.1, 0.15) is 36.1 Å². The molecule has 2 aromatic rings. The topological polar surface area (TPSA) is 39.4 Å². The third-order valence-electron chi connectivity index (χ3n) is 4.03. The van der Waals surface area contributed by atoms with Crippen molar-refractivity contribution in [3.63, 3.8) is 0 Å². The summed E-state index contributed by atoms with van der Waals surface area (Å²) in [6.45, 7) is 6.44. The summed E-state index contributed by atoms with van der Waals surface area (Å²) in [7, 11) is 0. The van der Waals surface area contributed by atoms with E-state index in [1.54, 1.807) is 11.8 Å². The minimum absolute atomic E-state index is 0.540. The average Bonchev–Trinajstić information content (AvgIpc) is 3.05. The van der Waals surface area contributed by atoms with Gasteiger partial charge in [-0.25, -0.2) is 0 Å². The minimum Gasteiger partial charge on any atom is -0.254 e. The van der Waals surface area contributed by atoms with Crippen molar-refractivity contribution in [3.8, 4) is 6.07 Å². The second-order valence-corrected chi connectivity index (χ2v) is 7.38. The van der Waals surface area contributed by atoms with Crippen LogP contribution in [0.15, 0.2) is 47.6 Å². The van der Waals surface area contributed by atoms with Crippen molar-refractivity contribution >= 4 is 22.5 Å². The second kappa shape index (κ2) is 7.11. The number of nitrogens with zero attached hydrogens (tertiary/aromatic N) is 3. The third-order valence-corrected chi connectivity index (χ3v) is 5.00. The Morgan fingerprint density at radius 2 is 2.04 bits per heavy atom. The van der Waals surface area contributed by atoms with Crippen LogP contribution in [-0.2, 0) is 6.42 Å². The van der Waals surface area contributed by atoms with Gasteiger partial charge in [-0.05, 0) is 42.5 Å². The third kappa shape index (κ3) is 3.47. The highest BCUT2D eigenvalue weighted by atomic mass is 32.2. The second-order valence-electron chi connectivity index (χ2n) is 6.45. The largest absolute Gasteiger partial charge is 0.254 e. The fourth-order valence-electron chi connectivity index (χ4n) is 2.84. The Kier molecular flexibility index (Phi) is 4.92. The summed E-state index contributed by atoms with van der Waals surface area (Å²) in [6, 6.07) is 16.8. The molecule has 1 aliphatic rings. The normalized spacial score (nSPS) is 14.0. The number of nitriles is 1. The molecule has 122 valence electrons. The number of hydrazone groups is 1. The highest BCUT2D eigenvalue weighted by Gasteiger charge is 2.20. The van der Waals surface area contributed by atoms with Crippen molar-refractivity contribution in [2.75, 3.05) is 10.9 Å². The molecule has 0 saturated heterocycles. The van der Waals surface area contributed by atoms with Crippen LogP contribution >= 0.6 is 11.8 Å². The quantitative estimate of drug-likeness (QED) is 0.794. The Morgan fingerprint density at radius 3 is 2.75 bits per heavy atom. The van der Waals surface area contributed by atoms with Crippen molar-refractivity contribution in [3.05, 3.63) is 64.7 Å². The van der Waals surface area contributed by atoms with Gasteiger partial charge in [0.1, 0.15) is 5.04 Å². The molecule has 0 atom stereocenters. The molecule has 0 fully saturated rings. The lowest BCUT2D eigenvalue weighted by Gasteiger charge is -2.14. The van der Waals surface area contributed by atoms with Gasteiger partial charge in [0.25, 0.3) is 0 Å². The summed E-state index contributed by atoms with van der Waals surface area (Å²) in [5.41, 5.74) is 5.26. The zero-order valence-corrected chi connectivity index (χ0v) is 15.1. The van der Waals surface area contributed by atoms with Gasteiger partial charge in [-0.1, -0.05) is 55.9 Å². The number of hydrogen-bond acceptors (Lipinski definition) is 4. The Hall–Kier alpha value is -2.25. The predicted molar refractivity (Wildman–Crippen MR) is 102 cm³/mol. The van der Waals surface area contributed by atoms with Gasteiger partial charge in [0.05, 0.1) is 23.2 Å². The van der Waals surface area contributed by atoms with Crippen LogP contribution in [-0.4, -0.2) is 10.9 Å². The number of para-hydroxylation sites is 1. The van der Waals surface area contributed by atoms with Crippen molar-refractivity contribution < 1.29 is 0 Å². The maximum Gasteiger partial charge on any atom is 0.126 e. The van der Waals surface area contributed by atoms with Gasteiger partial charge < -0.3 is 0 Å². The molecule has 0 unspecified atom stereocenters. The van der Waals surface area contributed by atoms with Gasteiger partial charge in [0.2, 0.25) is 0 Å². The summed E-state index contributed by atoms with van der Waals surface area (Å²) in [4.78, 5) is 0. The molecule has 0 radical (unpaired) electrons. The first kappa shape index (κ1) is 16.6. The van der Waals surface area contributed by atoms with Crippen LogP contribution in [0.25, 0.3) is 0 Å². The van der Waals surface area contributed by atoms with E-state index in [4.69, 9.17) is 5.10 Å². The first-order chi connectivity index (χ1) is 11.6. The highest BCUT2D eigenvalue weighted by Crippen LogP contribution is 2.30. The van der Waals surface area contributed by atoms with Crippen LogP contribution < -0.4 is 5.01 Å². The Balaban J connectivity index is 1.89. The molecular formula is C20H21N3S. The number of hydrogen-bond donors (Lipinski definition) is 0. The zero-order valence-electron chi connectivity index (χ0n) is 14.3. The van der Waals surface area contributed by atoms with Crippen LogP contribution in [0.3, 0.4) is 0 Å². The summed E-state index contributed by atoms with van der Waals surface area (Å²) in [6.07, 6.45) is 0.929. The number of rotatable bonds is 4. The molecule has 24 heavy (non-hydrogen) atoms. The van der Waals surface area contributed by atoms with Crippen LogP contribution in [0.2, 0.25) is 0 Å². The molecule has 3 rings (SSSR count). The summed E-state index contributed by atoms with van der Waals surface area (Å²) >= 11 is 1.71.